The molecule has 0 bridgehead atoms. The summed E-state index contributed by atoms with van der Waals surface area (Å²) in [7, 11) is 0. The number of carbonyl (C=O) groups excluding carboxylic acids is 4. The fourth-order valence-corrected chi connectivity index (χ4v) is 4.37. The molecular formula is C21H25N2O6S+. The Bertz CT molecular complexity index is 937. The minimum Gasteiger partial charge on any atom is -0.435 e. The summed E-state index contributed by atoms with van der Waals surface area (Å²) in [5.74, 6) is -1.48. The van der Waals surface area contributed by atoms with Crippen LogP contribution < -0.4 is 5.32 Å². The van der Waals surface area contributed by atoms with Gasteiger partial charge in [-0.25, -0.2) is 4.79 Å². The highest BCUT2D eigenvalue weighted by atomic mass is 32.2. The predicted molar refractivity (Wildman–Crippen MR) is 113 cm³/mol. The van der Waals surface area contributed by atoms with E-state index in [1.807, 2.05) is 0 Å². The Morgan fingerprint density at radius 2 is 1.67 bits per heavy atom. The van der Waals surface area contributed by atoms with Crippen molar-refractivity contribution < 1.29 is 33.6 Å². The van der Waals surface area contributed by atoms with Crippen LogP contribution >= 0.6 is 11.8 Å². The lowest BCUT2D eigenvalue weighted by atomic mass is 10.0. The van der Waals surface area contributed by atoms with E-state index in [1.54, 1.807) is 19.1 Å². The number of allylic oxidation sites excluding steroid dienone is 1. The van der Waals surface area contributed by atoms with E-state index in [2.05, 4.69) is 5.32 Å². The van der Waals surface area contributed by atoms with Crippen molar-refractivity contribution in [3.8, 4) is 0 Å². The molecule has 0 radical (unpaired) electrons. The van der Waals surface area contributed by atoms with E-state index in [9.17, 15) is 29.1 Å². The molecule has 1 saturated heterocycles. The molecule has 1 aromatic carbocycles. The molecular weight excluding hydrogens is 408 g/mol. The second kappa shape index (κ2) is 9.36. The van der Waals surface area contributed by atoms with E-state index in [-0.39, 0.29) is 28.5 Å². The molecule has 30 heavy (non-hydrogen) atoms. The monoisotopic (exact) mass is 433 g/mol. The van der Waals surface area contributed by atoms with E-state index >= 15 is 0 Å². The van der Waals surface area contributed by atoms with Crippen molar-refractivity contribution in [2.45, 2.75) is 46.6 Å². The van der Waals surface area contributed by atoms with E-state index in [4.69, 9.17) is 0 Å². The van der Waals surface area contributed by atoms with Gasteiger partial charge < -0.3 is 10.4 Å². The number of likely N-dealkylation sites (tertiary alicyclic amines) is 1. The third kappa shape index (κ3) is 4.68. The Kier molecular flexibility index (Phi) is 7.33. The number of imide groups is 1. The quantitative estimate of drug-likeness (QED) is 0.414. The average molecular weight is 434 g/mol. The first-order chi connectivity index (χ1) is 14.0. The molecule has 1 aromatic rings. The number of nitrogens with one attached hydrogen (secondary N) is 1. The highest BCUT2D eigenvalue weighted by Crippen LogP contribution is 2.35. The number of anilines is 1. The van der Waals surface area contributed by atoms with Gasteiger partial charge in [0.05, 0.1) is 6.54 Å². The van der Waals surface area contributed by atoms with Crippen LogP contribution in [0.25, 0.3) is 0 Å². The maximum Gasteiger partial charge on any atom is 0.521 e. The van der Waals surface area contributed by atoms with Gasteiger partial charge in [0.1, 0.15) is 10.9 Å². The number of Topliss-reactive ketones (excluding diaryl/α,β-unsaturated/α-hetero) is 1. The number of ketones is 1. The second-order valence-corrected chi connectivity index (χ2v) is 8.49. The van der Waals surface area contributed by atoms with E-state index in [1.165, 1.54) is 32.9 Å². The van der Waals surface area contributed by atoms with Crippen molar-refractivity contribution >= 4 is 46.3 Å². The summed E-state index contributed by atoms with van der Waals surface area (Å²) in [6.07, 6.45) is -0.158. The van der Waals surface area contributed by atoms with Crippen LogP contribution in [-0.2, 0) is 14.4 Å². The van der Waals surface area contributed by atoms with Crippen LogP contribution in [0.2, 0.25) is 0 Å². The van der Waals surface area contributed by atoms with E-state index < -0.39 is 33.4 Å². The predicted octanol–water partition coefficient (Wildman–Crippen LogP) is 3.59. The van der Waals surface area contributed by atoms with Gasteiger partial charge >= 0.3 is 12.0 Å². The largest absolute Gasteiger partial charge is 0.521 e. The smallest absolute Gasteiger partial charge is 0.435 e. The molecule has 8 nitrogen and oxygen atoms in total. The van der Waals surface area contributed by atoms with Crippen LogP contribution in [0.1, 0.15) is 50.9 Å². The van der Waals surface area contributed by atoms with Crippen LogP contribution in [0.3, 0.4) is 0 Å². The zero-order valence-electron chi connectivity index (χ0n) is 17.4. The number of nitrogens with zero attached hydrogens (tertiary/aromatic N) is 1. The SMILES string of the molecule is CC(=O)Nc1ccc(C(=O)C(C)=C(SC(C)=O)C(=O)[N+]2(C(=O)O)CCC[C@H]2C)cc1. The highest BCUT2D eigenvalue weighted by molar-refractivity contribution is 8.17. The van der Waals surface area contributed by atoms with Gasteiger partial charge in [-0.2, -0.15) is 9.28 Å². The van der Waals surface area contributed by atoms with Gasteiger partial charge in [0.25, 0.3) is 0 Å². The zero-order chi connectivity index (χ0) is 22.6. The number of benzene rings is 1. The highest BCUT2D eigenvalue weighted by Gasteiger charge is 2.54. The molecule has 0 saturated carbocycles. The van der Waals surface area contributed by atoms with Crippen LogP contribution in [0.4, 0.5) is 10.5 Å². The molecule has 1 heterocycles. The Labute approximate surface area is 178 Å². The first kappa shape index (κ1) is 23.5. The fraction of sp³-hybridized carbons (Fsp3) is 0.381. The number of thioether (sulfide) groups is 1. The number of carbonyl (C=O) groups is 5. The molecule has 3 amide bonds. The molecule has 160 valence electrons. The van der Waals surface area contributed by atoms with Crippen LogP contribution in [-0.4, -0.2) is 51.0 Å². The third-order valence-electron chi connectivity index (χ3n) is 5.18. The lowest BCUT2D eigenvalue weighted by Crippen LogP contribution is -2.59. The summed E-state index contributed by atoms with van der Waals surface area (Å²) in [4.78, 5) is 61.2. The van der Waals surface area contributed by atoms with Gasteiger partial charge in [0, 0.05) is 43.5 Å². The van der Waals surface area contributed by atoms with Crippen molar-refractivity contribution in [3.63, 3.8) is 0 Å². The summed E-state index contributed by atoms with van der Waals surface area (Å²) < 4.78 is -0.818. The number of carboxylic acid groups (broad SMARTS) is 1. The van der Waals surface area contributed by atoms with E-state index in [0.717, 1.165) is 0 Å². The Morgan fingerprint density at radius 3 is 2.10 bits per heavy atom. The third-order valence-corrected chi connectivity index (χ3v) is 6.15. The maximum atomic E-state index is 13.4. The summed E-state index contributed by atoms with van der Waals surface area (Å²) in [6.45, 7) is 5.85. The number of hydrogen-bond donors (Lipinski definition) is 2. The molecule has 0 spiro atoms. The van der Waals surface area contributed by atoms with Crippen molar-refractivity contribution in [2.24, 2.45) is 0 Å². The minimum absolute atomic E-state index is 0.0188. The maximum absolute atomic E-state index is 13.4. The summed E-state index contributed by atoms with van der Waals surface area (Å²) >= 11 is 0.590. The zero-order valence-corrected chi connectivity index (χ0v) is 18.2. The normalized spacial score (nSPS) is 21.5. The molecule has 1 unspecified atom stereocenters. The minimum atomic E-state index is -1.29. The number of hydrogen-bond acceptors (Lipinski definition) is 6. The second-order valence-electron chi connectivity index (χ2n) is 7.31. The molecule has 2 rings (SSSR count). The van der Waals surface area contributed by atoms with Crippen molar-refractivity contribution in [3.05, 3.63) is 40.3 Å². The van der Waals surface area contributed by atoms with Gasteiger partial charge in [-0.1, -0.05) is 0 Å². The average Bonchev–Trinajstić information content (AvgIpc) is 3.07. The molecule has 1 aliphatic heterocycles. The van der Waals surface area contributed by atoms with Gasteiger partial charge in [-0.05, 0) is 49.9 Å². The first-order valence-corrected chi connectivity index (χ1v) is 10.3. The van der Waals surface area contributed by atoms with Crippen molar-refractivity contribution in [2.75, 3.05) is 11.9 Å². The fourth-order valence-electron chi connectivity index (χ4n) is 3.58. The van der Waals surface area contributed by atoms with Gasteiger partial charge in [0.15, 0.2) is 10.9 Å². The number of rotatable bonds is 5. The Morgan fingerprint density at radius 1 is 1.07 bits per heavy atom. The topological polar surface area (TPSA) is 118 Å². The van der Waals surface area contributed by atoms with E-state index in [0.29, 0.717) is 30.3 Å². The Hall–Kier alpha value is -2.78. The number of quaternary nitrogens is 1. The molecule has 0 aromatic heterocycles. The summed E-state index contributed by atoms with van der Waals surface area (Å²) in [6, 6.07) is 5.64. The van der Waals surface area contributed by atoms with Crippen LogP contribution in [0.15, 0.2) is 34.7 Å². The number of amides is 3. The standard InChI is InChI=1S/C21H24N2O6S/c1-12-6-5-11-23(12,21(28)29)20(27)19(30-15(4)25)13(2)18(26)16-7-9-17(10-8-16)22-14(3)24/h7-10,12H,5-6,11H2,1-4H3,(H-,22,24,26,28,29)/p+1/t12-,23?/m1/s1. The molecule has 2 N–H and O–H groups in total. The molecule has 1 aliphatic rings. The molecule has 2 atom stereocenters. The Balaban J connectivity index is 2.49. The van der Waals surface area contributed by atoms with Gasteiger partial charge in [-0.15, -0.1) is 0 Å². The van der Waals surface area contributed by atoms with Crippen LogP contribution in [0.5, 0.6) is 0 Å². The van der Waals surface area contributed by atoms with Crippen LogP contribution in [0, 0.1) is 0 Å². The lowest BCUT2D eigenvalue weighted by molar-refractivity contribution is -0.789. The van der Waals surface area contributed by atoms with Crippen molar-refractivity contribution in [1.29, 1.82) is 0 Å². The molecule has 1 fully saturated rings. The summed E-state index contributed by atoms with van der Waals surface area (Å²) in [5, 5.41) is 12.0. The lowest BCUT2D eigenvalue weighted by Gasteiger charge is -2.30. The summed E-state index contributed by atoms with van der Waals surface area (Å²) in [5.41, 5.74) is 0.786. The first-order valence-electron chi connectivity index (χ1n) is 9.48. The van der Waals surface area contributed by atoms with Crippen molar-refractivity contribution in [1.82, 2.24) is 0 Å². The molecule has 9 heteroatoms. The van der Waals surface area contributed by atoms with Gasteiger partial charge in [-0.3, -0.25) is 14.4 Å². The molecule has 0 aliphatic carbocycles. The van der Waals surface area contributed by atoms with Gasteiger partial charge in [0.2, 0.25) is 5.91 Å².